The number of likely N-dealkylation sites (tertiary alicyclic amines) is 1. The molecule has 0 radical (unpaired) electrons. The van der Waals surface area contributed by atoms with Gasteiger partial charge in [-0.2, -0.15) is 0 Å². The maximum Gasteiger partial charge on any atom is 0.146 e. The molecule has 1 aliphatic heterocycles. The van der Waals surface area contributed by atoms with Gasteiger partial charge in [0.1, 0.15) is 5.82 Å². The zero-order valence-corrected chi connectivity index (χ0v) is 11.9. The third-order valence-corrected chi connectivity index (χ3v) is 3.90. The highest BCUT2D eigenvalue weighted by molar-refractivity contribution is 5.44. The van der Waals surface area contributed by atoms with E-state index in [0.29, 0.717) is 5.69 Å². The van der Waals surface area contributed by atoms with Crippen molar-refractivity contribution in [3.05, 3.63) is 30.1 Å². The number of anilines is 1. The van der Waals surface area contributed by atoms with Gasteiger partial charge in [-0.3, -0.25) is 0 Å². The Morgan fingerprint density at radius 2 is 1.95 bits per heavy atom. The number of nitrogens with one attached hydrogen (secondary N) is 1. The normalized spacial score (nSPS) is 17.9. The maximum absolute atomic E-state index is 13.4. The molecular weight excluding hydrogens is 241 g/mol. The molecule has 2 rings (SSSR count). The second-order valence-electron chi connectivity index (χ2n) is 5.44. The van der Waals surface area contributed by atoms with Crippen LogP contribution in [-0.4, -0.2) is 56.1 Å². The first-order valence-corrected chi connectivity index (χ1v) is 7.04. The summed E-state index contributed by atoms with van der Waals surface area (Å²) in [6, 6.07) is 7.56. The van der Waals surface area contributed by atoms with Crippen molar-refractivity contribution in [3.63, 3.8) is 0 Å². The van der Waals surface area contributed by atoms with E-state index in [4.69, 9.17) is 0 Å². The largest absolute Gasteiger partial charge is 0.381 e. The van der Waals surface area contributed by atoms with E-state index >= 15 is 0 Å². The molecule has 0 amide bonds. The Morgan fingerprint density at radius 1 is 1.26 bits per heavy atom. The summed E-state index contributed by atoms with van der Waals surface area (Å²) in [7, 11) is 4.31. The molecular formula is C15H24FN3. The molecule has 3 nitrogen and oxygen atoms in total. The van der Waals surface area contributed by atoms with Crippen molar-refractivity contribution in [2.75, 3.05) is 45.6 Å². The molecule has 19 heavy (non-hydrogen) atoms. The fourth-order valence-electron chi connectivity index (χ4n) is 2.61. The summed E-state index contributed by atoms with van der Waals surface area (Å²) in [6.07, 6.45) is 2.46. The van der Waals surface area contributed by atoms with E-state index < -0.39 is 0 Å². The Bertz CT molecular complexity index is 387. The van der Waals surface area contributed by atoms with Crippen LogP contribution < -0.4 is 5.32 Å². The van der Waals surface area contributed by atoms with E-state index in [-0.39, 0.29) is 5.82 Å². The van der Waals surface area contributed by atoms with Gasteiger partial charge < -0.3 is 15.1 Å². The number of hydrogen-bond donors (Lipinski definition) is 1. The van der Waals surface area contributed by atoms with Crippen molar-refractivity contribution in [1.29, 1.82) is 0 Å². The Labute approximate surface area is 115 Å². The van der Waals surface area contributed by atoms with E-state index in [2.05, 4.69) is 29.2 Å². The van der Waals surface area contributed by atoms with Gasteiger partial charge in [0.15, 0.2) is 0 Å². The molecule has 4 heteroatoms. The molecule has 0 unspecified atom stereocenters. The molecule has 0 aliphatic carbocycles. The van der Waals surface area contributed by atoms with Gasteiger partial charge in [-0.15, -0.1) is 0 Å². The third-order valence-electron chi connectivity index (χ3n) is 3.90. The Kier molecular flexibility index (Phi) is 5.16. The number of para-hydroxylation sites is 1. The molecule has 0 bridgehead atoms. The van der Waals surface area contributed by atoms with Crippen LogP contribution in [0.15, 0.2) is 24.3 Å². The fourth-order valence-corrected chi connectivity index (χ4v) is 2.61. The van der Waals surface area contributed by atoms with Crippen LogP contribution in [-0.2, 0) is 0 Å². The lowest BCUT2D eigenvalue weighted by Crippen LogP contribution is -2.43. The van der Waals surface area contributed by atoms with Crippen LogP contribution in [0.4, 0.5) is 10.1 Å². The second-order valence-corrected chi connectivity index (χ2v) is 5.44. The van der Waals surface area contributed by atoms with E-state index in [1.165, 1.54) is 18.9 Å². The summed E-state index contributed by atoms with van der Waals surface area (Å²) in [5.74, 6) is -0.172. The molecule has 106 valence electrons. The van der Waals surface area contributed by atoms with Gasteiger partial charge in [0.05, 0.1) is 5.69 Å². The zero-order chi connectivity index (χ0) is 13.7. The molecule has 1 aromatic rings. The predicted molar refractivity (Wildman–Crippen MR) is 78.0 cm³/mol. The maximum atomic E-state index is 13.4. The van der Waals surface area contributed by atoms with Gasteiger partial charge in [-0.05, 0) is 52.2 Å². The summed E-state index contributed by atoms with van der Waals surface area (Å²) in [6.45, 7) is 4.06. The summed E-state index contributed by atoms with van der Waals surface area (Å²) < 4.78 is 13.4. The Morgan fingerprint density at radius 3 is 2.58 bits per heavy atom. The smallest absolute Gasteiger partial charge is 0.146 e. The molecule has 1 aromatic carbocycles. The van der Waals surface area contributed by atoms with Crippen molar-refractivity contribution < 1.29 is 4.39 Å². The second kappa shape index (κ2) is 6.87. The van der Waals surface area contributed by atoms with Crippen molar-refractivity contribution in [1.82, 2.24) is 9.80 Å². The first-order chi connectivity index (χ1) is 9.16. The number of halogens is 1. The summed E-state index contributed by atoms with van der Waals surface area (Å²) >= 11 is 0. The quantitative estimate of drug-likeness (QED) is 0.881. The third kappa shape index (κ3) is 4.18. The van der Waals surface area contributed by atoms with Gasteiger partial charge >= 0.3 is 0 Å². The average Bonchev–Trinajstić information content (AvgIpc) is 2.41. The SMILES string of the molecule is CN(C)C1CCN(CCNc2ccccc2F)CC1. The standard InChI is InChI=1S/C15H24FN3/c1-18(2)13-7-10-19(11-8-13)12-9-17-15-6-4-3-5-14(15)16/h3-6,13,17H,7-12H2,1-2H3. The first kappa shape index (κ1) is 14.3. The van der Waals surface area contributed by atoms with Crippen LogP contribution in [0.25, 0.3) is 0 Å². The fraction of sp³-hybridized carbons (Fsp3) is 0.600. The van der Waals surface area contributed by atoms with Gasteiger partial charge in [-0.1, -0.05) is 12.1 Å². The van der Waals surface area contributed by atoms with Crippen LogP contribution >= 0.6 is 0 Å². The van der Waals surface area contributed by atoms with Crippen LogP contribution in [0.5, 0.6) is 0 Å². The van der Waals surface area contributed by atoms with Crippen molar-refractivity contribution in [2.45, 2.75) is 18.9 Å². The molecule has 0 saturated carbocycles. The van der Waals surface area contributed by atoms with Gasteiger partial charge in [0.2, 0.25) is 0 Å². The molecule has 1 aliphatic rings. The van der Waals surface area contributed by atoms with Gasteiger partial charge in [0, 0.05) is 19.1 Å². The van der Waals surface area contributed by atoms with Gasteiger partial charge in [-0.25, -0.2) is 4.39 Å². The van der Waals surface area contributed by atoms with Crippen LogP contribution in [0.2, 0.25) is 0 Å². The first-order valence-electron chi connectivity index (χ1n) is 7.04. The minimum absolute atomic E-state index is 0.172. The monoisotopic (exact) mass is 265 g/mol. The number of piperidine rings is 1. The van der Waals surface area contributed by atoms with E-state index in [9.17, 15) is 4.39 Å². The van der Waals surface area contributed by atoms with E-state index in [0.717, 1.165) is 32.2 Å². The lowest BCUT2D eigenvalue weighted by molar-refractivity contribution is 0.148. The predicted octanol–water partition coefficient (Wildman–Crippen LogP) is 2.26. The van der Waals surface area contributed by atoms with Crippen LogP contribution in [0.1, 0.15) is 12.8 Å². The Balaban J connectivity index is 1.69. The summed E-state index contributed by atoms with van der Waals surface area (Å²) in [5, 5.41) is 3.17. The highest BCUT2D eigenvalue weighted by atomic mass is 19.1. The zero-order valence-electron chi connectivity index (χ0n) is 11.9. The van der Waals surface area contributed by atoms with Crippen LogP contribution in [0, 0.1) is 5.82 Å². The lowest BCUT2D eigenvalue weighted by Gasteiger charge is -2.35. The molecule has 1 heterocycles. The number of rotatable bonds is 5. The van der Waals surface area contributed by atoms with E-state index in [1.54, 1.807) is 12.1 Å². The molecule has 0 spiro atoms. The summed E-state index contributed by atoms with van der Waals surface area (Å²) in [4.78, 5) is 4.77. The van der Waals surface area contributed by atoms with Crippen molar-refractivity contribution in [3.8, 4) is 0 Å². The summed E-state index contributed by atoms with van der Waals surface area (Å²) in [5.41, 5.74) is 0.602. The average molecular weight is 265 g/mol. The minimum Gasteiger partial charge on any atom is -0.381 e. The molecule has 1 fully saturated rings. The van der Waals surface area contributed by atoms with Crippen LogP contribution in [0.3, 0.4) is 0 Å². The molecule has 1 saturated heterocycles. The van der Waals surface area contributed by atoms with Crippen molar-refractivity contribution in [2.24, 2.45) is 0 Å². The lowest BCUT2D eigenvalue weighted by atomic mass is 10.0. The molecule has 1 N–H and O–H groups in total. The molecule has 0 aromatic heterocycles. The number of hydrogen-bond acceptors (Lipinski definition) is 3. The van der Waals surface area contributed by atoms with Crippen molar-refractivity contribution >= 4 is 5.69 Å². The van der Waals surface area contributed by atoms with E-state index in [1.807, 2.05) is 6.07 Å². The number of benzene rings is 1. The Hall–Kier alpha value is -1.13. The van der Waals surface area contributed by atoms with Gasteiger partial charge in [0.25, 0.3) is 0 Å². The highest BCUT2D eigenvalue weighted by Crippen LogP contribution is 2.15. The number of nitrogens with zero attached hydrogens (tertiary/aromatic N) is 2. The minimum atomic E-state index is -0.172. The topological polar surface area (TPSA) is 18.5 Å². The highest BCUT2D eigenvalue weighted by Gasteiger charge is 2.19. The molecule has 0 atom stereocenters.